The summed E-state index contributed by atoms with van der Waals surface area (Å²) in [5.74, 6) is -1.04. The zero-order chi connectivity index (χ0) is 10.0. The Labute approximate surface area is 83.7 Å². The lowest BCUT2D eigenvalue weighted by atomic mass is 10.1. The van der Waals surface area contributed by atoms with Gasteiger partial charge in [-0.2, -0.15) is 5.26 Å². The maximum absolute atomic E-state index is 10.7. The minimum absolute atomic E-state index is 0.113. The van der Waals surface area contributed by atoms with Gasteiger partial charge in [-0.15, -0.1) is 0 Å². The first-order valence-electron chi connectivity index (χ1n) is 3.50. The molecule has 1 aromatic rings. The number of halogens is 1. The molecule has 0 heterocycles. The molecule has 4 heteroatoms. The van der Waals surface area contributed by atoms with Gasteiger partial charge in [0.15, 0.2) is 0 Å². The van der Waals surface area contributed by atoms with Crippen LogP contribution in [0.2, 0.25) is 0 Å². The van der Waals surface area contributed by atoms with Crippen molar-refractivity contribution in [2.45, 2.75) is 6.92 Å². The lowest BCUT2D eigenvalue weighted by molar-refractivity contribution is 0.0696. The predicted molar refractivity (Wildman–Crippen MR) is 50.6 cm³/mol. The monoisotopic (exact) mass is 239 g/mol. The van der Waals surface area contributed by atoms with E-state index in [4.69, 9.17) is 10.4 Å². The zero-order valence-electron chi connectivity index (χ0n) is 6.84. The van der Waals surface area contributed by atoms with Gasteiger partial charge in [0.2, 0.25) is 0 Å². The Morgan fingerprint density at radius 1 is 1.62 bits per heavy atom. The summed E-state index contributed by atoms with van der Waals surface area (Å²) >= 11 is 3.09. The van der Waals surface area contributed by atoms with Crippen molar-refractivity contribution in [2.24, 2.45) is 0 Å². The number of rotatable bonds is 1. The van der Waals surface area contributed by atoms with E-state index in [0.29, 0.717) is 10.0 Å². The first-order chi connectivity index (χ1) is 6.07. The maximum atomic E-state index is 10.7. The van der Waals surface area contributed by atoms with E-state index in [9.17, 15) is 4.79 Å². The van der Waals surface area contributed by atoms with Crippen LogP contribution in [0.25, 0.3) is 0 Å². The minimum Gasteiger partial charge on any atom is -0.478 e. The third-order valence-electron chi connectivity index (χ3n) is 1.69. The molecule has 66 valence electrons. The molecular formula is C9H6BrNO2. The Morgan fingerprint density at radius 3 is 2.69 bits per heavy atom. The summed E-state index contributed by atoms with van der Waals surface area (Å²) in [7, 11) is 0. The third-order valence-corrected chi connectivity index (χ3v) is 2.52. The average Bonchev–Trinajstić information content (AvgIpc) is 2.04. The normalized spacial score (nSPS) is 9.31. The fourth-order valence-corrected chi connectivity index (χ4v) is 1.68. The van der Waals surface area contributed by atoms with Gasteiger partial charge in [0.05, 0.1) is 15.6 Å². The van der Waals surface area contributed by atoms with Gasteiger partial charge in [-0.3, -0.25) is 0 Å². The van der Waals surface area contributed by atoms with Crippen LogP contribution in [0.1, 0.15) is 21.5 Å². The molecule has 0 atom stereocenters. The van der Waals surface area contributed by atoms with Crippen LogP contribution < -0.4 is 0 Å². The summed E-state index contributed by atoms with van der Waals surface area (Å²) in [6, 6.07) is 5.04. The number of aryl methyl sites for hydroxylation is 1. The van der Waals surface area contributed by atoms with Crippen molar-refractivity contribution >= 4 is 21.9 Å². The van der Waals surface area contributed by atoms with E-state index in [1.165, 1.54) is 6.07 Å². The van der Waals surface area contributed by atoms with E-state index >= 15 is 0 Å². The molecule has 0 saturated carbocycles. The van der Waals surface area contributed by atoms with Crippen molar-refractivity contribution in [2.75, 3.05) is 0 Å². The summed E-state index contributed by atoms with van der Waals surface area (Å²) in [5, 5.41) is 17.5. The second kappa shape index (κ2) is 3.58. The second-order valence-electron chi connectivity index (χ2n) is 2.54. The van der Waals surface area contributed by atoms with Crippen LogP contribution in [0.4, 0.5) is 0 Å². The van der Waals surface area contributed by atoms with E-state index in [-0.39, 0.29) is 5.56 Å². The van der Waals surface area contributed by atoms with Crippen LogP contribution in [0.5, 0.6) is 0 Å². The van der Waals surface area contributed by atoms with Crippen LogP contribution >= 0.6 is 15.9 Å². The standard InChI is InChI=1S/C9H6BrNO2/c1-5-2-3-6(9(12)13)8(10)7(5)4-11/h2-3H,1H3,(H,12,13). The highest BCUT2D eigenvalue weighted by molar-refractivity contribution is 9.10. The Morgan fingerprint density at radius 2 is 2.23 bits per heavy atom. The molecule has 0 aromatic heterocycles. The van der Waals surface area contributed by atoms with Crippen LogP contribution in [0, 0.1) is 18.3 Å². The average molecular weight is 240 g/mol. The molecule has 1 rings (SSSR count). The maximum Gasteiger partial charge on any atom is 0.336 e. The van der Waals surface area contributed by atoms with Gasteiger partial charge < -0.3 is 5.11 Å². The highest BCUT2D eigenvalue weighted by Crippen LogP contribution is 2.24. The Bertz CT molecular complexity index is 407. The van der Waals surface area contributed by atoms with E-state index in [2.05, 4.69) is 15.9 Å². The number of carbonyl (C=O) groups is 1. The lowest BCUT2D eigenvalue weighted by Gasteiger charge is -2.03. The molecular weight excluding hydrogens is 234 g/mol. The minimum atomic E-state index is -1.04. The summed E-state index contributed by atoms with van der Waals surface area (Å²) in [6.07, 6.45) is 0. The molecule has 0 spiro atoms. The molecule has 0 fully saturated rings. The summed E-state index contributed by atoms with van der Waals surface area (Å²) in [4.78, 5) is 10.7. The Balaban J connectivity index is 3.47. The van der Waals surface area contributed by atoms with E-state index in [0.717, 1.165) is 5.56 Å². The molecule has 13 heavy (non-hydrogen) atoms. The van der Waals surface area contributed by atoms with Crippen molar-refractivity contribution in [1.29, 1.82) is 5.26 Å². The number of carboxylic acid groups (broad SMARTS) is 1. The lowest BCUT2D eigenvalue weighted by Crippen LogP contribution is -2.00. The van der Waals surface area contributed by atoms with Crippen LogP contribution in [0.15, 0.2) is 16.6 Å². The van der Waals surface area contributed by atoms with Crippen LogP contribution in [-0.4, -0.2) is 11.1 Å². The Hall–Kier alpha value is -1.34. The molecule has 0 aliphatic rings. The SMILES string of the molecule is Cc1ccc(C(=O)O)c(Br)c1C#N. The largest absolute Gasteiger partial charge is 0.478 e. The summed E-state index contributed by atoms with van der Waals surface area (Å²) in [6.45, 7) is 1.76. The molecule has 0 saturated heterocycles. The van der Waals surface area contributed by atoms with Gasteiger partial charge >= 0.3 is 5.97 Å². The molecule has 0 radical (unpaired) electrons. The molecule has 0 unspecified atom stereocenters. The number of carboxylic acids is 1. The van der Waals surface area contributed by atoms with E-state index in [1.54, 1.807) is 13.0 Å². The fraction of sp³-hybridized carbons (Fsp3) is 0.111. The molecule has 1 N–H and O–H groups in total. The van der Waals surface area contributed by atoms with Crippen molar-refractivity contribution < 1.29 is 9.90 Å². The Kier molecular flexibility index (Phi) is 2.69. The van der Waals surface area contributed by atoms with Crippen molar-refractivity contribution in [3.63, 3.8) is 0 Å². The van der Waals surface area contributed by atoms with Gasteiger partial charge in [-0.1, -0.05) is 6.07 Å². The van der Waals surface area contributed by atoms with Gasteiger partial charge in [-0.25, -0.2) is 4.79 Å². The number of benzene rings is 1. The van der Waals surface area contributed by atoms with Crippen LogP contribution in [0.3, 0.4) is 0 Å². The topological polar surface area (TPSA) is 61.1 Å². The van der Waals surface area contributed by atoms with Gasteiger partial charge in [0.1, 0.15) is 6.07 Å². The second-order valence-corrected chi connectivity index (χ2v) is 3.33. The molecule has 0 bridgehead atoms. The number of nitriles is 1. The third kappa shape index (κ3) is 1.70. The van der Waals surface area contributed by atoms with E-state index < -0.39 is 5.97 Å². The predicted octanol–water partition coefficient (Wildman–Crippen LogP) is 2.33. The highest BCUT2D eigenvalue weighted by Gasteiger charge is 2.13. The van der Waals surface area contributed by atoms with Gasteiger partial charge in [0.25, 0.3) is 0 Å². The number of hydrogen-bond acceptors (Lipinski definition) is 2. The fourth-order valence-electron chi connectivity index (χ4n) is 0.975. The van der Waals surface area contributed by atoms with Crippen molar-refractivity contribution in [1.82, 2.24) is 0 Å². The van der Waals surface area contributed by atoms with Crippen LogP contribution in [-0.2, 0) is 0 Å². The smallest absolute Gasteiger partial charge is 0.336 e. The number of aromatic carboxylic acids is 1. The summed E-state index contributed by atoms with van der Waals surface area (Å²) < 4.78 is 0.350. The number of hydrogen-bond donors (Lipinski definition) is 1. The molecule has 3 nitrogen and oxygen atoms in total. The van der Waals surface area contributed by atoms with Gasteiger partial charge in [-0.05, 0) is 34.5 Å². The van der Waals surface area contributed by atoms with Crippen molar-refractivity contribution in [3.8, 4) is 6.07 Å². The highest BCUT2D eigenvalue weighted by atomic mass is 79.9. The van der Waals surface area contributed by atoms with Gasteiger partial charge in [0, 0.05) is 0 Å². The molecule has 0 aliphatic carbocycles. The first-order valence-corrected chi connectivity index (χ1v) is 4.29. The van der Waals surface area contributed by atoms with E-state index in [1.807, 2.05) is 6.07 Å². The number of nitrogens with zero attached hydrogens (tertiary/aromatic N) is 1. The molecule has 0 amide bonds. The first kappa shape index (κ1) is 9.75. The quantitative estimate of drug-likeness (QED) is 0.819. The zero-order valence-corrected chi connectivity index (χ0v) is 8.42. The van der Waals surface area contributed by atoms with Crippen molar-refractivity contribution in [3.05, 3.63) is 33.3 Å². The molecule has 1 aromatic carbocycles. The molecule has 0 aliphatic heterocycles. The summed E-state index contributed by atoms with van der Waals surface area (Å²) in [5.41, 5.74) is 1.25.